The quantitative estimate of drug-likeness (QED) is 0.528. The summed E-state index contributed by atoms with van der Waals surface area (Å²) in [4.78, 5) is -0.373. The van der Waals surface area contributed by atoms with Crippen molar-refractivity contribution in [3.63, 3.8) is 0 Å². The zero-order valence-electron chi connectivity index (χ0n) is 10.8. The van der Waals surface area contributed by atoms with Crippen molar-refractivity contribution in [3.8, 4) is 0 Å². The molecule has 0 saturated heterocycles. The summed E-state index contributed by atoms with van der Waals surface area (Å²) in [5.74, 6) is 0. The normalized spacial score (nSPS) is 11.9. The fourth-order valence-electron chi connectivity index (χ4n) is 1.78. The van der Waals surface area contributed by atoms with Gasteiger partial charge in [0.05, 0.1) is 16.8 Å². The Hall–Kier alpha value is -1.04. The molecule has 0 unspecified atom stereocenters. The Morgan fingerprint density at radius 1 is 0.950 bits per heavy atom. The van der Waals surface area contributed by atoms with E-state index in [1.807, 2.05) is 0 Å². The van der Waals surface area contributed by atoms with Crippen molar-refractivity contribution in [2.45, 2.75) is 4.90 Å². The standard InChI is InChI=1S/C11H11NO5S2.Li/c1-18(13,14)12-10-6-7-11(19(15,16)17)9-5-3-2-4-8(9)10;/h2-7,12H,1H3,(H,15,16,17);/q;+1/p-1. The van der Waals surface area contributed by atoms with Gasteiger partial charge in [-0.25, -0.2) is 16.8 Å². The molecule has 0 fully saturated rings. The fourth-order valence-corrected chi connectivity index (χ4v) is 3.04. The van der Waals surface area contributed by atoms with E-state index in [9.17, 15) is 21.4 Å². The Bertz CT molecular complexity index is 846. The largest absolute Gasteiger partial charge is 1.00 e. The van der Waals surface area contributed by atoms with Crippen LogP contribution in [-0.4, -0.2) is 27.6 Å². The first-order valence-corrected chi connectivity index (χ1v) is 8.44. The van der Waals surface area contributed by atoms with Crippen LogP contribution in [0.3, 0.4) is 0 Å². The van der Waals surface area contributed by atoms with Gasteiger partial charge in [-0.15, -0.1) is 0 Å². The van der Waals surface area contributed by atoms with E-state index < -0.39 is 20.1 Å². The third-order valence-corrected chi connectivity index (χ3v) is 3.93. The Balaban J connectivity index is 0.00000200. The molecular formula is C11H10LiNO5S2. The smallest absolute Gasteiger partial charge is 0.744 e. The number of rotatable bonds is 3. The SMILES string of the molecule is CS(=O)(=O)Nc1ccc(S(=O)(=O)[O-])c2ccccc12.[Li+]. The average Bonchev–Trinajstić information content (AvgIpc) is 2.25. The second kappa shape index (κ2) is 5.75. The van der Waals surface area contributed by atoms with Crippen LogP contribution < -0.4 is 23.6 Å². The Morgan fingerprint density at radius 2 is 1.50 bits per heavy atom. The van der Waals surface area contributed by atoms with Gasteiger partial charge in [0.25, 0.3) is 0 Å². The van der Waals surface area contributed by atoms with Gasteiger partial charge in [0, 0.05) is 10.8 Å². The van der Waals surface area contributed by atoms with Crippen molar-refractivity contribution < 1.29 is 40.2 Å². The Labute approximate surface area is 129 Å². The number of nitrogens with one attached hydrogen (secondary N) is 1. The van der Waals surface area contributed by atoms with Crippen LogP contribution in [0.2, 0.25) is 0 Å². The molecule has 0 radical (unpaired) electrons. The second-order valence-corrected chi connectivity index (χ2v) is 7.08. The first-order valence-electron chi connectivity index (χ1n) is 5.14. The molecule has 102 valence electrons. The molecule has 9 heteroatoms. The number of fused-ring (bicyclic) bond motifs is 1. The molecular weight excluding hydrogens is 297 g/mol. The van der Waals surface area contributed by atoms with E-state index in [1.54, 1.807) is 12.1 Å². The maximum absolute atomic E-state index is 11.2. The van der Waals surface area contributed by atoms with E-state index in [-0.39, 0.29) is 34.8 Å². The molecule has 2 rings (SSSR count). The van der Waals surface area contributed by atoms with E-state index in [2.05, 4.69) is 4.72 Å². The molecule has 0 aromatic heterocycles. The minimum absolute atomic E-state index is 0. The van der Waals surface area contributed by atoms with E-state index >= 15 is 0 Å². The number of sulfonamides is 1. The van der Waals surface area contributed by atoms with Gasteiger partial charge in [-0.1, -0.05) is 24.3 Å². The molecule has 0 bridgehead atoms. The van der Waals surface area contributed by atoms with Gasteiger partial charge in [0.2, 0.25) is 10.0 Å². The molecule has 0 spiro atoms. The first-order chi connectivity index (χ1) is 8.68. The van der Waals surface area contributed by atoms with E-state index in [4.69, 9.17) is 0 Å². The van der Waals surface area contributed by atoms with Crippen LogP contribution in [0.4, 0.5) is 5.69 Å². The summed E-state index contributed by atoms with van der Waals surface area (Å²) in [5.41, 5.74) is 0.227. The maximum atomic E-state index is 11.2. The van der Waals surface area contributed by atoms with Crippen LogP contribution in [0.5, 0.6) is 0 Å². The topological polar surface area (TPSA) is 103 Å². The molecule has 0 amide bonds. The minimum Gasteiger partial charge on any atom is -0.744 e. The van der Waals surface area contributed by atoms with E-state index in [1.165, 1.54) is 18.2 Å². The molecule has 0 aliphatic heterocycles. The molecule has 0 heterocycles. The van der Waals surface area contributed by atoms with Crippen molar-refractivity contribution in [2.75, 3.05) is 11.0 Å². The van der Waals surface area contributed by atoms with E-state index in [0.29, 0.717) is 5.39 Å². The van der Waals surface area contributed by atoms with Crippen LogP contribution in [0.1, 0.15) is 0 Å². The third-order valence-electron chi connectivity index (χ3n) is 2.45. The molecule has 0 aliphatic carbocycles. The number of hydrogen-bond acceptors (Lipinski definition) is 5. The second-order valence-electron chi connectivity index (χ2n) is 3.99. The average molecular weight is 307 g/mol. The van der Waals surface area contributed by atoms with Gasteiger partial charge in [0.15, 0.2) is 0 Å². The van der Waals surface area contributed by atoms with Crippen LogP contribution in [0, 0.1) is 0 Å². The van der Waals surface area contributed by atoms with Crippen molar-refractivity contribution in [2.24, 2.45) is 0 Å². The number of hydrogen-bond donors (Lipinski definition) is 1. The fraction of sp³-hybridized carbons (Fsp3) is 0.0909. The molecule has 2 aromatic carbocycles. The minimum atomic E-state index is -4.62. The van der Waals surface area contributed by atoms with Crippen LogP contribution in [-0.2, 0) is 20.1 Å². The van der Waals surface area contributed by atoms with Crippen molar-refractivity contribution in [1.29, 1.82) is 0 Å². The molecule has 6 nitrogen and oxygen atoms in total. The van der Waals surface area contributed by atoms with Gasteiger partial charge in [0.1, 0.15) is 10.1 Å². The van der Waals surface area contributed by atoms with Crippen molar-refractivity contribution >= 4 is 36.6 Å². The zero-order chi connectivity index (χ0) is 14.3. The predicted octanol–water partition coefficient (Wildman–Crippen LogP) is -1.88. The maximum Gasteiger partial charge on any atom is 1.00 e. The predicted molar refractivity (Wildman–Crippen MR) is 70.4 cm³/mol. The summed E-state index contributed by atoms with van der Waals surface area (Å²) in [6, 6.07) is 8.54. The summed E-state index contributed by atoms with van der Waals surface area (Å²) in [6.45, 7) is 0. The Kier molecular flexibility index (Phi) is 4.89. The molecule has 1 N–H and O–H groups in total. The summed E-state index contributed by atoms with van der Waals surface area (Å²) in [5, 5.41) is 0.538. The molecule has 0 aliphatic rings. The summed E-state index contributed by atoms with van der Waals surface area (Å²) in [7, 11) is -8.11. The number of anilines is 1. The summed E-state index contributed by atoms with van der Waals surface area (Å²) in [6.07, 6.45) is 0.986. The van der Waals surface area contributed by atoms with Gasteiger partial charge in [-0.2, -0.15) is 0 Å². The van der Waals surface area contributed by atoms with Gasteiger partial charge in [-0.3, -0.25) is 4.72 Å². The first kappa shape index (κ1) is 17.0. The van der Waals surface area contributed by atoms with Gasteiger partial charge < -0.3 is 4.55 Å². The molecule has 0 saturated carbocycles. The van der Waals surface area contributed by atoms with Crippen LogP contribution in [0.15, 0.2) is 41.3 Å². The van der Waals surface area contributed by atoms with Crippen molar-refractivity contribution in [1.82, 2.24) is 0 Å². The Morgan fingerprint density at radius 3 is 2.00 bits per heavy atom. The summed E-state index contributed by atoms with van der Waals surface area (Å²) >= 11 is 0. The van der Waals surface area contributed by atoms with Crippen LogP contribution >= 0.6 is 0 Å². The van der Waals surface area contributed by atoms with Gasteiger partial charge >= 0.3 is 18.9 Å². The summed E-state index contributed by atoms with van der Waals surface area (Å²) < 4.78 is 58.2. The van der Waals surface area contributed by atoms with Gasteiger partial charge in [-0.05, 0) is 12.1 Å². The molecule has 0 atom stereocenters. The molecule has 20 heavy (non-hydrogen) atoms. The molecule has 2 aromatic rings. The van der Waals surface area contributed by atoms with Crippen LogP contribution in [0.25, 0.3) is 10.8 Å². The monoisotopic (exact) mass is 307 g/mol. The van der Waals surface area contributed by atoms with Crippen molar-refractivity contribution in [3.05, 3.63) is 36.4 Å². The zero-order valence-corrected chi connectivity index (χ0v) is 12.5. The van der Waals surface area contributed by atoms with E-state index in [0.717, 1.165) is 12.3 Å². The third kappa shape index (κ3) is 3.74. The number of benzene rings is 2.